The number of nitrogens with one attached hydrogen (secondary N) is 2. The van der Waals surface area contributed by atoms with Crippen molar-refractivity contribution in [3.63, 3.8) is 0 Å². The van der Waals surface area contributed by atoms with Gasteiger partial charge in [0.15, 0.2) is 0 Å². The number of hydrogen-bond acceptors (Lipinski definition) is 4. The smallest absolute Gasteiger partial charge is 0.248 e. The Labute approximate surface area is 151 Å². The van der Waals surface area contributed by atoms with Crippen molar-refractivity contribution in [2.75, 3.05) is 12.4 Å². The Morgan fingerprint density at radius 2 is 1.73 bits per heavy atom. The van der Waals surface area contributed by atoms with Crippen LogP contribution in [0.15, 0.2) is 71.6 Å². The van der Waals surface area contributed by atoms with Crippen LogP contribution in [-0.4, -0.2) is 26.4 Å². The van der Waals surface area contributed by atoms with E-state index in [1.807, 2.05) is 36.4 Å². The van der Waals surface area contributed by atoms with Gasteiger partial charge in [-0.2, -0.15) is 0 Å². The first-order chi connectivity index (χ1) is 12.5. The highest BCUT2D eigenvalue weighted by atomic mass is 32.2. The molecule has 132 valence electrons. The maximum atomic E-state index is 12.0. The molecule has 0 aliphatic heterocycles. The molecule has 0 aliphatic carbocycles. The highest BCUT2D eigenvalue weighted by Gasteiger charge is 2.10. The average molecular weight is 367 g/mol. The van der Waals surface area contributed by atoms with Gasteiger partial charge in [-0.25, -0.2) is 18.1 Å². The number of hydrogen-bond donors (Lipinski definition) is 2. The van der Waals surface area contributed by atoms with E-state index in [1.54, 1.807) is 6.08 Å². The minimum Gasteiger partial charge on any atom is -0.323 e. The van der Waals surface area contributed by atoms with Gasteiger partial charge in [0.2, 0.25) is 15.9 Å². The van der Waals surface area contributed by atoms with E-state index in [0.717, 1.165) is 10.9 Å². The molecule has 3 aromatic rings. The average Bonchev–Trinajstić information content (AvgIpc) is 2.66. The first kappa shape index (κ1) is 17.8. The van der Waals surface area contributed by atoms with Crippen molar-refractivity contribution in [3.8, 4) is 0 Å². The molecule has 0 bridgehead atoms. The Hall–Kier alpha value is -3.03. The van der Waals surface area contributed by atoms with Crippen LogP contribution in [0.4, 0.5) is 5.69 Å². The van der Waals surface area contributed by atoms with E-state index >= 15 is 0 Å². The molecule has 2 aromatic carbocycles. The largest absolute Gasteiger partial charge is 0.323 e. The number of pyridine rings is 1. The molecule has 0 atom stereocenters. The number of aromatic nitrogens is 1. The maximum Gasteiger partial charge on any atom is 0.248 e. The monoisotopic (exact) mass is 367 g/mol. The van der Waals surface area contributed by atoms with Gasteiger partial charge in [0.05, 0.1) is 16.1 Å². The summed E-state index contributed by atoms with van der Waals surface area (Å²) in [5.41, 5.74) is 2.03. The molecule has 0 unspecified atom stereocenters. The standard InChI is InChI=1S/C19H17N3O3S/c1-20-26(24,25)17-11-8-16(9-12-17)22-19(23)13-10-15-7-6-14-4-2-3-5-18(14)21-15/h2-13,20H,1H3,(H,22,23). The van der Waals surface area contributed by atoms with E-state index in [2.05, 4.69) is 15.0 Å². The van der Waals surface area contributed by atoms with Crippen molar-refractivity contribution < 1.29 is 13.2 Å². The van der Waals surface area contributed by atoms with Gasteiger partial charge in [0.1, 0.15) is 0 Å². The van der Waals surface area contributed by atoms with Crippen LogP contribution in [0.3, 0.4) is 0 Å². The Morgan fingerprint density at radius 1 is 1.00 bits per heavy atom. The van der Waals surface area contributed by atoms with Crippen LogP contribution in [0.1, 0.15) is 5.69 Å². The van der Waals surface area contributed by atoms with Crippen LogP contribution in [0.2, 0.25) is 0 Å². The Balaban J connectivity index is 1.68. The zero-order valence-corrected chi connectivity index (χ0v) is 14.8. The van der Waals surface area contributed by atoms with E-state index in [0.29, 0.717) is 11.4 Å². The van der Waals surface area contributed by atoms with Crippen LogP contribution in [0, 0.1) is 0 Å². The minimum absolute atomic E-state index is 0.133. The third-order valence-electron chi connectivity index (χ3n) is 3.73. The van der Waals surface area contributed by atoms with Crippen LogP contribution < -0.4 is 10.0 Å². The minimum atomic E-state index is -3.49. The predicted molar refractivity (Wildman–Crippen MR) is 102 cm³/mol. The number of anilines is 1. The highest BCUT2D eigenvalue weighted by Crippen LogP contribution is 2.15. The van der Waals surface area contributed by atoms with Gasteiger partial charge < -0.3 is 5.32 Å². The van der Waals surface area contributed by atoms with Gasteiger partial charge in [-0.05, 0) is 49.5 Å². The number of carbonyl (C=O) groups is 1. The normalized spacial score (nSPS) is 11.7. The van der Waals surface area contributed by atoms with Crippen LogP contribution in [0.25, 0.3) is 17.0 Å². The molecule has 1 amide bonds. The van der Waals surface area contributed by atoms with E-state index in [-0.39, 0.29) is 10.8 Å². The SMILES string of the molecule is CNS(=O)(=O)c1ccc(NC(=O)C=Cc2ccc3ccccc3n2)cc1. The molecule has 26 heavy (non-hydrogen) atoms. The van der Waals surface area contributed by atoms with E-state index in [1.165, 1.54) is 37.4 Å². The lowest BCUT2D eigenvalue weighted by molar-refractivity contribution is -0.111. The van der Waals surface area contributed by atoms with Crippen molar-refractivity contribution in [3.05, 3.63) is 72.4 Å². The number of amides is 1. The summed E-state index contributed by atoms with van der Waals surface area (Å²) in [5, 5.41) is 3.71. The number of nitrogens with zero attached hydrogens (tertiary/aromatic N) is 1. The summed E-state index contributed by atoms with van der Waals surface area (Å²) in [6.45, 7) is 0. The van der Waals surface area contributed by atoms with Gasteiger partial charge in [-0.15, -0.1) is 0 Å². The van der Waals surface area contributed by atoms with Gasteiger partial charge in [0.25, 0.3) is 0 Å². The highest BCUT2D eigenvalue weighted by molar-refractivity contribution is 7.89. The van der Waals surface area contributed by atoms with E-state index in [9.17, 15) is 13.2 Å². The fourth-order valence-electron chi connectivity index (χ4n) is 2.35. The fourth-order valence-corrected chi connectivity index (χ4v) is 3.08. The lowest BCUT2D eigenvalue weighted by Crippen LogP contribution is -2.18. The molecule has 0 saturated heterocycles. The van der Waals surface area contributed by atoms with Crippen LogP contribution in [0.5, 0.6) is 0 Å². The number of benzene rings is 2. The molecule has 0 aliphatic rings. The molecular formula is C19H17N3O3S. The number of fused-ring (bicyclic) bond motifs is 1. The summed E-state index contributed by atoms with van der Waals surface area (Å²) in [7, 11) is -2.15. The zero-order valence-electron chi connectivity index (χ0n) is 14.0. The van der Waals surface area contributed by atoms with Crippen LogP contribution in [-0.2, 0) is 14.8 Å². The maximum absolute atomic E-state index is 12.0. The van der Waals surface area contributed by atoms with Crippen molar-refractivity contribution >= 4 is 38.6 Å². The Bertz CT molecular complexity index is 1070. The van der Waals surface area contributed by atoms with Crippen LogP contribution >= 0.6 is 0 Å². The van der Waals surface area contributed by atoms with Gasteiger partial charge >= 0.3 is 0 Å². The van der Waals surface area contributed by atoms with E-state index < -0.39 is 10.0 Å². The third-order valence-corrected chi connectivity index (χ3v) is 5.16. The molecule has 0 radical (unpaired) electrons. The second kappa shape index (κ2) is 7.47. The predicted octanol–water partition coefficient (Wildman–Crippen LogP) is 2.79. The van der Waals surface area contributed by atoms with Gasteiger partial charge in [0, 0.05) is 17.1 Å². The Kier molecular flexibility index (Phi) is 5.11. The number of carbonyl (C=O) groups excluding carboxylic acids is 1. The summed E-state index contributed by atoms with van der Waals surface area (Å²) in [5.74, 6) is -0.329. The molecule has 1 aromatic heterocycles. The van der Waals surface area contributed by atoms with Crippen molar-refractivity contribution in [2.45, 2.75) is 4.90 Å². The molecule has 3 rings (SSSR count). The summed E-state index contributed by atoms with van der Waals surface area (Å²) in [6.07, 6.45) is 3.01. The molecule has 1 heterocycles. The lowest BCUT2D eigenvalue weighted by atomic mass is 10.2. The molecule has 0 fully saturated rings. The second-order valence-electron chi connectivity index (χ2n) is 5.48. The fraction of sp³-hybridized carbons (Fsp3) is 0.0526. The summed E-state index contributed by atoms with van der Waals surface area (Å²) >= 11 is 0. The van der Waals surface area contributed by atoms with Gasteiger partial charge in [-0.3, -0.25) is 4.79 Å². The molecule has 7 heteroatoms. The van der Waals surface area contributed by atoms with Crippen molar-refractivity contribution in [1.82, 2.24) is 9.71 Å². The number of rotatable bonds is 5. The first-order valence-corrected chi connectivity index (χ1v) is 9.35. The Morgan fingerprint density at radius 3 is 2.46 bits per heavy atom. The first-order valence-electron chi connectivity index (χ1n) is 7.86. The second-order valence-corrected chi connectivity index (χ2v) is 7.37. The summed E-state index contributed by atoms with van der Waals surface area (Å²) < 4.78 is 25.6. The summed E-state index contributed by atoms with van der Waals surface area (Å²) in [6, 6.07) is 17.4. The number of sulfonamides is 1. The number of para-hydroxylation sites is 1. The third kappa shape index (κ3) is 4.14. The molecule has 2 N–H and O–H groups in total. The van der Waals surface area contributed by atoms with Crippen molar-refractivity contribution in [1.29, 1.82) is 0 Å². The lowest BCUT2D eigenvalue weighted by Gasteiger charge is -2.05. The van der Waals surface area contributed by atoms with Crippen molar-refractivity contribution in [2.24, 2.45) is 0 Å². The summed E-state index contributed by atoms with van der Waals surface area (Å²) in [4.78, 5) is 16.6. The zero-order chi connectivity index (χ0) is 18.6. The van der Waals surface area contributed by atoms with E-state index in [4.69, 9.17) is 0 Å². The topological polar surface area (TPSA) is 88.2 Å². The molecule has 6 nitrogen and oxygen atoms in total. The quantitative estimate of drug-likeness (QED) is 0.679. The molecule has 0 saturated carbocycles. The molecular weight excluding hydrogens is 350 g/mol. The van der Waals surface area contributed by atoms with Gasteiger partial charge in [-0.1, -0.05) is 24.3 Å². The molecule has 0 spiro atoms.